The number of nitrogens with one attached hydrogen (secondary N) is 1. The zero-order valence-electron chi connectivity index (χ0n) is 25.0. The third kappa shape index (κ3) is 6.47. The van der Waals surface area contributed by atoms with Gasteiger partial charge in [0.15, 0.2) is 5.01 Å². The molecule has 0 aliphatic carbocycles. The van der Waals surface area contributed by atoms with Gasteiger partial charge in [-0.15, -0.1) is 16.9 Å². The van der Waals surface area contributed by atoms with E-state index >= 15 is 0 Å². The molecule has 13 heteroatoms. The van der Waals surface area contributed by atoms with Crippen LogP contribution in [0.3, 0.4) is 0 Å². The average Bonchev–Trinajstić information content (AvgIpc) is 3.55. The maximum absolute atomic E-state index is 13.8. The predicted molar refractivity (Wildman–Crippen MR) is 168 cm³/mol. The second-order valence-electron chi connectivity index (χ2n) is 12.3. The summed E-state index contributed by atoms with van der Waals surface area (Å²) in [4.78, 5) is 40.6. The number of aromatic amines is 1. The molecule has 1 saturated heterocycles. The van der Waals surface area contributed by atoms with Crippen molar-refractivity contribution in [1.29, 1.82) is 0 Å². The SMILES string of the molecule is CN1CCc2nc(C(=O)N3CCN(S(=O)(=O)c4cc5cc(C#C[Si](C)(C)C)ccc5[nH]4)CC3CC(=O)N(C)C)sc2C1. The Morgan fingerprint density at radius 2 is 1.93 bits per heavy atom. The minimum absolute atomic E-state index is 0.0176. The van der Waals surface area contributed by atoms with Crippen LogP contribution in [0.15, 0.2) is 29.3 Å². The van der Waals surface area contributed by atoms with Crippen molar-refractivity contribution in [2.45, 2.75) is 50.1 Å². The lowest BCUT2D eigenvalue weighted by molar-refractivity contribution is -0.130. The number of likely N-dealkylation sites (N-methyl/N-ethyl adjacent to an activating group) is 1. The molecule has 5 rings (SSSR count). The lowest BCUT2D eigenvalue weighted by Gasteiger charge is -2.40. The Hall–Kier alpha value is -3.02. The molecule has 224 valence electrons. The Morgan fingerprint density at radius 3 is 2.64 bits per heavy atom. The Labute approximate surface area is 252 Å². The van der Waals surface area contributed by atoms with Gasteiger partial charge in [-0.05, 0) is 31.3 Å². The standard InChI is InChI=1S/C29H38N6O4S2Si/c1-32(2)27(36)17-22-18-34(12-13-35(22)29(37)28-31-24-9-11-33(3)19-25(24)40-28)41(38,39)26-16-21-15-20(7-8-23(21)30-26)10-14-42(4,5)6/h7-8,15-16,22,30H,9,11-13,17-19H2,1-6H3. The van der Waals surface area contributed by atoms with Crippen LogP contribution in [0.5, 0.6) is 0 Å². The number of amides is 2. The number of piperazine rings is 1. The van der Waals surface area contributed by atoms with Crippen LogP contribution in [0, 0.1) is 11.5 Å². The van der Waals surface area contributed by atoms with Crippen molar-refractivity contribution in [1.82, 2.24) is 29.0 Å². The molecule has 4 heterocycles. The number of rotatable bonds is 5. The summed E-state index contributed by atoms with van der Waals surface area (Å²) in [5.41, 5.74) is 5.85. The van der Waals surface area contributed by atoms with Crippen LogP contribution in [-0.2, 0) is 27.8 Å². The van der Waals surface area contributed by atoms with Crippen molar-refractivity contribution in [3.8, 4) is 11.5 Å². The van der Waals surface area contributed by atoms with Crippen molar-refractivity contribution in [3.63, 3.8) is 0 Å². The number of benzene rings is 1. The zero-order valence-corrected chi connectivity index (χ0v) is 27.7. The fourth-order valence-corrected chi connectivity index (χ4v) is 8.28. The van der Waals surface area contributed by atoms with Crippen LogP contribution in [0.25, 0.3) is 10.9 Å². The van der Waals surface area contributed by atoms with Gasteiger partial charge >= 0.3 is 0 Å². The maximum atomic E-state index is 13.8. The Kier molecular flexibility index (Phi) is 8.39. The highest BCUT2D eigenvalue weighted by molar-refractivity contribution is 7.89. The van der Waals surface area contributed by atoms with Crippen LogP contribution in [-0.4, -0.2) is 111 Å². The molecule has 1 fully saturated rings. The van der Waals surface area contributed by atoms with E-state index < -0.39 is 24.1 Å². The summed E-state index contributed by atoms with van der Waals surface area (Å²) >= 11 is 1.40. The third-order valence-corrected chi connectivity index (χ3v) is 11.2. The normalized spacial score (nSPS) is 18.4. The van der Waals surface area contributed by atoms with Gasteiger partial charge in [0.25, 0.3) is 15.9 Å². The first-order valence-corrected chi connectivity index (χ1v) is 19.8. The second-order valence-corrected chi connectivity index (χ2v) is 20.1. The molecule has 42 heavy (non-hydrogen) atoms. The number of carbonyl (C=O) groups excluding carboxylic acids is 2. The van der Waals surface area contributed by atoms with Crippen molar-refractivity contribution in [3.05, 3.63) is 45.4 Å². The fraction of sp³-hybridized carbons (Fsp3) is 0.483. The van der Waals surface area contributed by atoms with E-state index in [1.807, 2.05) is 25.2 Å². The molecule has 1 atom stereocenters. The summed E-state index contributed by atoms with van der Waals surface area (Å²) in [6.07, 6.45) is 0.811. The lowest BCUT2D eigenvalue weighted by atomic mass is 10.1. The van der Waals surface area contributed by atoms with Crippen LogP contribution in [0.1, 0.15) is 32.4 Å². The first-order chi connectivity index (χ1) is 19.7. The molecule has 0 bridgehead atoms. The van der Waals surface area contributed by atoms with E-state index in [1.165, 1.54) is 20.5 Å². The predicted octanol–water partition coefficient (Wildman–Crippen LogP) is 2.83. The molecule has 2 aromatic heterocycles. The number of hydrogen-bond acceptors (Lipinski definition) is 7. The molecular weight excluding hydrogens is 589 g/mol. The molecule has 0 saturated carbocycles. The van der Waals surface area contributed by atoms with Gasteiger partial charge in [0, 0.05) is 81.0 Å². The van der Waals surface area contributed by atoms with E-state index in [-0.39, 0.29) is 42.9 Å². The Balaban J connectivity index is 1.40. The Morgan fingerprint density at radius 1 is 1.17 bits per heavy atom. The van der Waals surface area contributed by atoms with Crippen molar-refractivity contribution in [2.75, 3.05) is 47.3 Å². The lowest BCUT2D eigenvalue weighted by Crippen LogP contribution is -2.57. The molecule has 2 aliphatic rings. The van der Waals surface area contributed by atoms with E-state index in [2.05, 4.69) is 46.0 Å². The molecule has 1 unspecified atom stereocenters. The summed E-state index contributed by atoms with van der Waals surface area (Å²) in [5.74, 6) is 2.81. The number of fused-ring (bicyclic) bond motifs is 2. The number of aromatic nitrogens is 2. The number of thiazole rings is 1. The molecule has 10 nitrogen and oxygen atoms in total. The number of sulfonamides is 1. The average molecular weight is 627 g/mol. The molecule has 1 N–H and O–H groups in total. The molecular formula is C29H38N6O4S2Si. The minimum atomic E-state index is -3.92. The van der Waals surface area contributed by atoms with Gasteiger partial charge in [0.1, 0.15) is 13.1 Å². The van der Waals surface area contributed by atoms with Crippen LogP contribution >= 0.6 is 11.3 Å². The summed E-state index contributed by atoms with van der Waals surface area (Å²) < 4.78 is 29.0. The first kappa shape index (κ1) is 30.4. The number of H-pyrrole nitrogens is 1. The van der Waals surface area contributed by atoms with E-state index in [1.54, 1.807) is 25.1 Å². The van der Waals surface area contributed by atoms with E-state index in [4.69, 9.17) is 0 Å². The summed E-state index contributed by atoms with van der Waals surface area (Å²) in [5, 5.41) is 1.25. The number of nitrogens with zero attached hydrogens (tertiary/aromatic N) is 5. The quantitative estimate of drug-likeness (QED) is 0.345. The number of carbonyl (C=O) groups is 2. The third-order valence-electron chi connectivity index (χ3n) is 7.52. The monoisotopic (exact) mass is 626 g/mol. The van der Waals surface area contributed by atoms with Crippen LogP contribution < -0.4 is 0 Å². The zero-order chi connectivity index (χ0) is 30.4. The second kappa shape index (κ2) is 11.6. The Bertz CT molecular complexity index is 1700. The van der Waals surface area contributed by atoms with Gasteiger partial charge < -0.3 is 19.7 Å². The molecule has 0 radical (unpaired) electrons. The van der Waals surface area contributed by atoms with E-state index in [0.29, 0.717) is 10.5 Å². The maximum Gasteiger partial charge on any atom is 0.283 e. The highest BCUT2D eigenvalue weighted by atomic mass is 32.2. The molecule has 2 amide bonds. The topological polar surface area (TPSA) is 110 Å². The van der Waals surface area contributed by atoms with Crippen LogP contribution in [0.2, 0.25) is 19.6 Å². The smallest absolute Gasteiger partial charge is 0.283 e. The van der Waals surface area contributed by atoms with E-state index in [9.17, 15) is 18.0 Å². The first-order valence-electron chi connectivity index (χ1n) is 14.1. The van der Waals surface area contributed by atoms with Gasteiger partial charge in [-0.25, -0.2) is 13.4 Å². The van der Waals surface area contributed by atoms with Gasteiger partial charge in [0.2, 0.25) is 5.91 Å². The largest absolute Gasteiger partial charge is 0.349 e. The highest BCUT2D eigenvalue weighted by Gasteiger charge is 2.39. The van der Waals surface area contributed by atoms with Crippen molar-refractivity contribution in [2.24, 2.45) is 0 Å². The summed E-state index contributed by atoms with van der Waals surface area (Å²) in [7, 11) is -0.113. The fourth-order valence-electron chi connectivity index (χ4n) is 5.13. The van der Waals surface area contributed by atoms with Gasteiger partial charge in [-0.3, -0.25) is 9.59 Å². The van der Waals surface area contributed by atoms with Crippen molar-refractivity contribution < 1.29 is 18.0 Å². The van der Waals surface area contributed by atoms with Crippen molar-refractivity contribution >= 4 is 52.2 Å². The number of hydrogen-bond donors (Lipinski definition) is 1. The molecule has 2 aliphatic heterocycles. The van der Waals surface area contributed by atoms with Gasteiger partial charge in [-0.2, -0.15) is 4.31 Å². The summed E-state index contributed by atoms with van der Waals surface area (Å²) in [6.45, 7) is 8.48. The van der Waals surface area contributed by atoms with Crippen LogP contribution in [0.4, 0.5) is 0 Å². The van der Waals surface area contributed by atoms with E-state index in [0.717, 1.165) is 41.0 Å². The molecule has 1 aromatic carbocycles. The molecule has 3 aromatic rings. The highest BCUT2D eigenvalue weighted by Crippen LogP contribution is 2.29. The minimum Gasteiger partial charge on any atom is -0.349 e. The summed E-state index contributed by atoms with van der Waals surface area (Å²) in [6, 6.07) is 6.66. The molecule has 0 spiro atoms. The van der Waals surface area contributed by atoms with Gasteiger partial charge in [-0.1, -0.05) is 25.6 Å². The van der Waals surface area contributed by atoms with Gasteiger partial charge in [0.05, 0.1) is 11.7 Å².